The number of allylic oxidation sites excluding steroid dienone is 2. The minimum atomic E-state index is 0.231. The first-order valence-corrected chi connectivity index (χ1v) is 25.7. The van der Waals surface area contributed by atoms with Crippen LogP contribution in [-0.4, -0.2) is 25.0 Å². The number of alkyl halides is 8. The lowest BCUT2D eigenvalue weighted by Crippen LogP contribution is -2.18. The third kappa shape index (κ3) is 16.7. The predicted molar refractivity (Wildman–Crippen MR) is 273 cm³/mol. The van der Waals surface area contributed by atoms with E-state index >= 15 is 0 Å². The predicted octanol–water partition coefficient (Wildman–Crippen LogP) is 15.8. The highest BCUT2D eigenvalue weighted by Gasteiger charge is 2.22. The molecular formula is C52H52Cl8O6. The summed E-state index contributed by atoms with van der Waals surface area (Å²) in [7, 11) is 0. The Hall–Kier alpha value is -3.30. The maximum Gasteiger partial charge on any atom is 0.120 e. The van der Waals surface area contributed by atoms with Crippen molar-refractivity contribution in [3.63, 3.8) is 0 Å². The van der Waals surface area contributed by atoms with Crippen LogP contribution in [0.25, 0.3) is 0 Å². The summed E-state index contributed by atoms with van der Waals surface area (Å²) in [5, 5.41) is 0. The molecule has 0 radical (unpaired) electrons. The number of hydrogen-bond acceptors (Lipinski definition) is 6. The van der Waals surface area contributed by atoms with Gasteiger partial charge in [0.2, 0.25) is 0 Å². The van der Waals surface area contributed by atoms with Gasteiger partial charge in [-0.05, 0) is 165 Å². The van der Waals surface area contributed by atoms with E-state index in [1.165, 1.54) is 0 Å². The van der Waals surface area contributed by atoms with E-state index in [2.05, 4.69) is 12.1 Å². The first-order chi connectivity index (χ1) is 32.2. The summed E-state index contributed by atoms with van der Waals surface area (Å²) in [6.07, 6.45) is 7.71. The fourth-order valence-corrected chi connectivity index (χ4v) is 8.86. The van der Waals surface area contributed by atoms with Crippen LogP contribution in [0.1, 0.15) is 68.5 Å². The summed E-state index contributed by atoms with van der Waals surface area (Å²) >= 11 is 49.4. The van der Waals surface area contributed by atoms with Crippen LogP contribution >= 0.6 is 92.8 Å². The van der Waals surface area contributed by atoms with Crippen LogP contribution in [0.15, 0.2) is 115 Å². The summed E-state index contributed by atoms with van der Waals surface area (Å²) < 4.78 is 37.6. The first-order valence-electron chi connectivity index (χ1n) is 21.5. The Morgan fingerprint density at radius 2 is 0.667 bits per heavy atom. The molecule has 5 aromatic carbocycles. The van der Waals surface area contributed by atoms with Gasteiger partial charge >= 0.3 is 0 Å². The second-order valence-corrected chi connectivity index (χ2v) is 18.2. The van der Waals surface area contributed by atoms with Crippen molar-refractivity contribution in [1.82, 2.24) is 0 Å². The van der Waals surface area contributed by atoms with E-state index in [1.807, 2.05) is 97.1 Å². The summed E-state index contributed by atoms with van der Waals surface area (Å²) in [6, 6.07) is 29.4. The lowest BCUT2D eigenvalue weighted by atomic mass is 9.88. The third-order valence-corrected chi connectivity index (χ3v) is 13.2. The van der Waals surface area contributed by atoms with Crippen molar-refractivity contribution in [3.8, 4) is 28.7 Å². The number of halogens is 8. The molecule has 6 rings (SSSR count). The van der Waals surface area contributed by atoms with Crippen LogP contribution in [0.2, 0.25) is 0 Å². The van der Waals surface area contributed by atoms with Gasteiger partial charge in [-0.2, -0.15) is 0 Å². The molecule has 0 heterocycles. The van der Waals surface area contributed by atoms with E-state index in [4.69, 9.17) is 121 Å². The number of hydrogen-bond donors (Lipinski definition) is 0. The maximum absolute atomic E-state index is 6.35. The monoisotopic (exact) mass is 1050 g/mol. The van der Waals surface area contributed by atoms with E-state index in [0.29, 0.717) is 108 Å². The zero-order valence-corrected chi connectivity index (χ0v) is 42.4. The molecule has 5 aromatic rings. The molecule has 0 aromatic heterocycles. The summed E-state index contributed by atoms with van der Waals surface area (Å²) in [5.74, 6) is 8.06. The van der Waals surface area contributed by atoms with Crippen molar-refractivity contribution in [2.75, 3.05) is 25.0 Å². The highest BCUT2D eigenvalue weighted by atomic mass is 35.5. The molecule has 2 unspecified atom stereocenters. The van der Waals surface area contributed by atoms with E-state index in [9.17, 15) is 0 Å². The minimum Gasteiger partial charge on any atom is -0.494 e. The Kier molecular flexibility index (Phi) is 21.8. The molecule has 0 N–H and O–H groups in total. The molecule has 2 atom stereocenters. The van der Waals surface area contributed by atoms with Gasteiger partial charge in [-0.15, -0.1) is 92.8 Å². The van der Waals surface area contributed by atoms with Gasteiger partial charge in [0, 0.05) is 53.5 Å². The highest BCUT2D eigenvalue weighted by Crippen LogP contribution is 2.32. The normalized spacial score (nSPS) is 14.8. The van der Waals surface area contributed by atoms with Gasteiger partial charge in [-0.25, -0.2) is 0 Å². The molecule has 352 valence electrons. The average Bonchev–Trinajstić information content (AvgIpc) is 3.36. The minimum absolute atomic E-state index is 0.231. The van der Waals surface area contributed by atoms with Gasteiger partial charge < -0.3 is 28.4 Å². The van der Waals surface area contributed by atoms with Crippen molar-refractivity contribution in [2.45, 2.75) is 74.5 Å². The number of ether oxygens (including phenoxy) is 6. The van der Waals surface area contributed by atoms with E-state index in [0.717, 1.165) is 74.2 Å². The van der Waals surface area contributed by atoms with Crippen molar-refractivity contribution < 1.29 is 28.4 Å². The second kappa shape index (κ2) is 27.6. The van der Waals surface area contributed by atoms with Gasteiger partial charge in [-0.3, -0.25) is 0 Å². The van der Waals surface area contributed by atoms with Gasteiger partial charge in [0.25, 0.3) is 0 Å². The summed E-state index contributed by atoms with van der Waals surface area (Å²) in [6.45, 7) is 1.81. The van der Waals surface area contributed by atoms with Gasteiger partial charge in [-0.1, -0.05) is 18.2 Å². The number of benzene rings is 5. The maximum atomic E-state index is 6.35. The zero-order valence-electron chi connectivity index (χ0n) is 36.3. The Bertz CT molecular complexity index is 2250. The standard InChI is InChI=1S/C52H52Cl8O6/c53-23-35-5-36(24-54)12-49(11-35)63-31-43-9-44(32-64-50-13-37(25-55)6-38(14-50)26-56)20-47(19-43)61-3-1-2-4-62-48-21-45(33-65-51-15-39(27-57)7-40(16-51)28-58)10-46(22-48)34-66-52-17-41(29-59)8-42(18-52)30-60/h1-2,5-7,9-17,19-22,41-42H,3-4,8,18,23-34H2/b2-1-. The molecule has 0 aliphatic heterocycles. The molecule has 1 aliphatic rings. The molecule has 66 heavy (non-hydrogen) atoms. The topological polar surface area (TPSA) is 55.4 Å². The van der Waals surface area contributed by atoms with Crippen molar-refractivity contribution >= 4 is 92.8 Å². The molecule has 0 bridgehead atoms. The van der Waals surface area contributed by atoms with Gasteiger partial charge in [0.15, 0.2) is 0 Å². The Balaban J connectivity index is 1.13. The molecule has 0 spiro atoms. The molecule has 0 fully saturated rings. The first kappa shape index (κ1) is 52.1. The molecule has 1 aliphatic carbocycles. The smallest absolute Gasteiger partial charge is 0.120 e. The highest BCUT2D eigenvalue weighted by molar-refractivity contribution is 6.19. The fourth-order valence-electron chi connectivity index (χ4n) is 7.48. The number of rotatable bonds is 26. The van der Waals surface area contributed by atoms with E-state index in [1.54, 1.807) is 0 Å². The van der Waals surface area contributed by atoms with Crippen LogP contribution in [0.3, 0.4) is 0 Å². The van der Waals surface area contributed by atoms with Crippen molar-refractivity contribution in [3.05, 3.63) is 171 Å². The van der Waals surface area contributed by atoms with Crippen molar-refractivity contribution in [2.24, 2.45) is 11.8 Å². The molecule has 0 saturated carbocycles. The fraction of sp³-hybridized carbons (Fsp3) is 0.346. The second-order valence-electron chi connectivity index (χ2n) is 16.0. The SMILES string of the molecule is ClCc1cc(CCl)cc(OCc2cc(COC3=CC(CCl)CC(CCl)C3)cc(OC/C=C\COc3cc(COc4cc(CCl)cc(CCl)c4)cc(COc4cc(CCl)cc(CCl)c4)c3)c2)c1. The van der Waals surface area contributed by atoms with Crippen LogP contribution < -0.4 is 23.7 Å². The quantitative estimate of drug-likeness (QED) is 0.0406. The van der Waals surface area contributed by atoms with Crippen LogP contribution in [0.5, 0.6) is 28.7 Å². The molecular weight excluding hydrogens is 1000 g/mol. The van der Waals surface area contributed by atoms with Crippen LogP contribution in [-0.2, 0) is 66.4 Å². The van der Waals surface area contributed by atoms with E-state index in [-0.39, 0.29) is 19.1 Å². The van der Waals surface area contributed by atoms with Gasteiger partial charge in [0.1, 0.15) is 68.4 Å². The Labute approximate surface area is 428 Å². The third-order valence-electron chi connectivity index (χ3n) is 10.5. The lowest BCUT2D eigenvalue weighted by Gasteiger charge is -2.26. The Morgan fingerprint density at radius 1 is 0.364 bits per heavy atom. The van der Waals surface area contributed by atoms with Gasteiger partial charge in [0.05, 0.1) is 5.76 Å². The molecule has 6 nitrogen and oxygen atoms in total. The largest absolute Gasteiger partial charge is 0.494 e. The Morgan fingerprint density at radius 3 is 0.985 bits per heavy atom. The lowest BCUT2D eigenvalue weighted by molar-refractivity contribution is 0.166. The van der Waals surface area contributed by atoms with E-state index < -0.39 is 0 Å². The zero-order chi connectivity index (χ0) is 46.7. The summed E-state index contributed by atoms with van der Waals surface area (Å²) in [5.41, 5.74) is 9.23. The molecule has 0 saturated heterocycles. The van der Waals surface area contributed by atoms with Crippen LogP contribution in [0.4, 0.5) is 0 Å². The van der Waals surface area contributed by atoms with Crippen LogP contribution in [0, 0.1) is 11.8 Å². The summed E-state index contributed by atoms with van der Waals surface area (Å²) in [4.78, 5) is 0. The molecule has 14 heteroatoms. The molecule has 0 amide bonds. The average molecular weight is 1060 g/mol. The van der Waals surface area contributed by atoms with Crippen molar-refractivity contribution in [1.29, 1.82) is 0 Å².